The van der Waals surface area contributed by atoms with Gasteiger partial charge < -0.3 is 10.6 Å². The van der Waals surface area contributed by atoms with Gasteiger partial charge in [0.05, 0.1) is 18.4 Å². The third-order valence-corrected chi connectivity index (χ3v) is 7.24. The van der Waals surface area contributed by atoms with Gasteiger partial charge in [0.15, 0.2) is 23.3 Å². The Morgan fingerprint density at radius 1 is 1.12 bits per heavy atom. The van der Waals surface area contributed by atoms with Crippen molar-refractivity contribution >= 4 is 29.1 Å². The third kappa shape index (κ3) is 4.59. The standard InChI is InChI=1S/C27H27FN10O2/c1-15-10-21(32-22-11-16(2)35-36-22)33-24(31-15)18-6-8-27(9-7-18)25(39)38(26(40)34-27)17(3)19-4-5-23(29-12-19)37-14-20(28)13-30-37/h4-6,10-14,17H,7-9H2,1-3H3,(H,34,40)(H2,31,32,33,35,36)/t17-,27?/m0/s1. The summed E-state index contributed by atoms with van der Waals surface area (Å²) in [7, 11) is 0. The quantitative estimate of drug-likeness (QED) is 0.311. The summed E-state index contributed by atoms with van der Waals surface area (Å²) in [5.41, 5.74) is 2.29. The Labute approximate surface area is 228 Å². The molecule has 1 saturated heterocycles. The summed E-state index contributed by atoms with van der Waals surface area (Å²) in [5, 5.41) is 17.1. The number of nitrogens with one attached hydrogen (secondary N) is 3. The summed E-state index contributed by atoms with van der Waals surface area (Å²) in [5.74, 6) is 1.54. The second kappa shape index (κ2) is 9.67. The highest BCUT2D eigenvalue weighted by molar-refractivity contribution is 6.07. The number of hydrogen-bond donors (Lipinski definition) is 3. The zero-order chi connectivity index (χ0) is 28.0. The van der Waals surface area contributed by atoms with E-state index in [9.17, 15) is 14.0 Å². The fourth-order valence-corrected chi connectivity index (χ4v) is 5.10. The minimum Gasteiger partial charge on any atom is -0.323 e. The number of urea groups is 1. The van der Waals surface area contributed by atoms with Gasteiger partial charge in [-0.3, -0.25) is 14.8 Å². The van der Waals surface area contributed by atoms with E-state index in [4.69, 9.17) is 0 Å². The van der Waals surface area contributed by atoms with Crippen molar-refractivity contribution in [3.63, 3.8) is 0 Å². The molecule has 4 aromatic rings. The highest BCUT2D eigenvalue weighted by Gasteiger charge is 2.53. The van der Waals surface area contributed by atoms with Gasteiger partial charge in [0, 0.05) is 29.7 Å². The van der Waals surface area contributed by atoms with E-state index in [-0.39, 0.29) is 5.91 Å². The van der Waals surface area contributed by atoms with E-state index < -0.39 is 23.4 Å². The average Bonchev–Trinajstić information content (AvgIpc) is 3.61. The molecule has 5 heterocycles. The molecule has 4 aromatic heterocycles. The molecule has 13 heteroatoms. The maximum absolute atomic E-state index is 13.6. The molecule has 1 unspecified atom stereocenters. The maximum Gasteiger partial charge on any atom is 0.325 e. The predicted molar refractivity (Wildman–Crippen MR) is 143 cm³/mol. The molecule has 1 spiro atoms. The van der Waals surface area contributed by atoms with Gasteiger partial charge in [0.1, 0.15) is 11.4 Å². The highest BCUT2D eigenvalue weighted by Crippen LogP contribution is 2.38. The summed E-state index contributed by atoms with van der Waals surface area (Å²) in [6.07, 6.45) is 7.09. The van der Waals surface area contributed by atoms with Gasteiger partial charge in [-0.05, 0) is 57.2 Å². The second-order valence-corrected chi connectivity index (χ2v) is 10.1. The molecule has 1 aliphatic carbocycles. The number of H-pyrrole nitrogens is 1. The molecule has 3 amide bonds. The number of aromatic nitrogens is 7. The number of imide groups is 1. The molecular weight excluding hydrogens is 515 g/mol. The molecular formula is C27H27FN10O2. The van der Waals surface area contributed by atoms with Crippen LogP contribution in [0.1, 0.15) is 55.0 Å². The van der Waals surface area contributed by atoms with Crippen LogP contribution in [0, 0.1) is 19.7 Å². The van der Waals surface area contributed by atoms with Crippen LogP contribution in [-0.4, -0.2) is 57.3 Å². The monoisotopic (exact) mass is 542 g/mol. The summed E-state index contributed by atoms with van der Waals surface area (Å²) in [6.45, 7) is 5.59. The number of anilines is 2. The van der Waals surface area contributed by atoms with Gasteiger partial charge >= 0.3 is 6.03 Å². The fraction of sp³-hybridized carbons (Fsp3) is 0.296. The van der Waals surface area contributed by atoms with Crippen LogP contribution < -0.4 is 10.6 Å². The smallest absolute Gasteiger partial charge is 0.323 e. The second-order valence-electron chi connectivity index (χ2n) is 10.1. The van der Waals surface area contributed by atoms with E-state index >= 15 is 0 Å². The van der Waals surface area contributed by atoms with Crippen molar-refractivity contribution in [2.75, 3.05) is 5.32 Å². The number of pyridine rings is 1. The molecule has 1 fully saturated rings. The molecule has 12 nitrogen and oxygen atoms in total. The minimum atomic E-state index is -1.02. The summed E-state index contributed by atoms with van der Waals surface area (Å²) in [4.78, 5) is 41.5. The highest BCUT2D eigenvalue weighted by atomic mass is 19.1. The lowest BCUT2D eigenvalue weighted by atomic mass is 9.82. The number of allylic oxidation sites excluding steroid dienone is 1. The Bertz CT molecular complexity index is 1640. The Balaban J connectivity index is 1.18. The molecule has 204 valence electrons. The van der Waals surface area contributed by atoms with E-state index in [1.807, 2.05) is 32.1 Å². The first-order valence-corrected chi connectivity index (χ1v) is 12.9. The number of carbonyl (C=O) groups is 2. The van der Waals surface area contributed by atoms with E-state index in [2.05, 4.69) is 40.9 Å². The van der Waals surface area contributed by atoms with Crippen LogP contribution in [0.4, 0.5) is 20.8 Å². The largest absolute Gasteiger partial charge is 0.325 e. The predicted octanol–water partition coefficient (Wildman–Crippen LogP) is 3.90. The van der Waals surface area contributed by atoms with E-state index in [0.717, 1.165) is 23.2 Å². The minimum absolute atomic E-state index is 0.278. The van der Waals surface area contributed by atoms with Crippen molar-refractivity contribution < 1.29 is 14.0 Å². The molecule has 2 aliphatic rings. The van der Waals surface area contributed by atoms with Crippen LogP contribution in [0.2, 0.25) is 0 Å². The van der Waals surface area contributed by atoms with Crippen molar-refractivity contribution in [2.45, 2.75) is 51.6 Å². The Kier molecular flexibility index (Phi) is 6.12. The van der Waals surface area contributed by atoms with Crippen LogP contribution in [0.3, 0.4) is 0 Å². The van der Waals surface area contributed by atoms with Crippen LogP contribution in [0.15, 0.2) is 48.9 Å². The first-order valence-electron chi connectivity index (χ1n) is 12.9. The van der Waals surface area contributed by atoms with Crippen LogP contribution >= 0.6 is 0 Å². The number of rotatable bonds is 6. The van der Waals surface area contributed by atoms with Gasteiger partial charge in [-0.25, -0.2) is 28.8 Å². The van der Waals surface area contributed by atoms with Crippen molar-refractivity contribution in [1.82, 2.24) is 45.1 Å². The normalized spacial score (nSPS) is 19.6. The SMILES string of the molecule is Cc1cc(Nc2cc(C)[nH]n2)nc(C2=CCC3(CC2)NC(=O)N([C@@H](C)c2ccc(-n4cc(F)cn4)nc2)C3=O)n1. The molecule has 0 bridgehead atoms. The van der Waals surface area contributed by atoms with E-state index in [1.54, 1.807) is 25.3 Å². The Morgan fingerprint density at radius 3 is 2.62 bits per heavy atom. The molecule has 0 aromatic carbocycles. The summed E-state index contributed by atoms with van der Waals surface area (Å²) < 4.78 is 14.6. The van der Waals surface area contributed by atoms with Gasteiger partial charge in [-0.15, -0.1) is 0 Å². The van der Waals surface area contributed by atoms with Crippen molar-refractivity contribution in [2.24, 2.45) is 0 Å². The summed E-state index contributed by atoms with van der Waals surface area (Å²) in [6, 6.07) is 6.15. The van der Waals surface area contributed by atoms with Crippen molar-refractivity contribution in [3.05, 3.63) is 77.5 Å². The van der Waals surface area contributed by atoms with Crippen LogP contribution in [-0.2, 0) is 4.79 Å². The van der Waals surface area contributed by atoms with Gasteiger partial charge in [0.2, 0.25) is 0 Å². The lowest BCUT2D eigenvalue weighted by molar-refractivity contribution is -0.133. The van der Waals surface area contributed by atoms with E-state index in [1.165, 1.54) is 15.8 Å². The molecule has 2 atom stereocenters. The zero-order valence-electron chi connectivity index (χ0n) is 22.1. The van der Waals surface area contributed by atoms with Crippen molar-refractivity contribution in [3.8, 4) is 5.82 Å². The Hall–Kier alpha value is -4.94. The van der Waals surface area contributed by atoms with E-state index in [0.29, 0.717) is 48.1 Å². The van der Waals surface area contributed by atoms with Crippen molar-refractivity contribution in [1.29, 1.82) is 0 Å². The van der Waals surface area contributed by atoms with Gasteiger partial charge in [0.25, 0.3) is 5.91 Å². The molecule has 0 saturated carbocycles. The van der Waals surface area contributed by atoms with Crippen LogP contribution in [0.5, 0.6) is 0 Å². The maximum atomic E-state index is 13.6. The molecule has 40 heavy (non-hydrogen) atoms. The molecule has 0 radical (unpaired) electrons. The molecule has 3 N–H and O–H groups in total. The Morgan fingerprint density at radius 2 is 1.98 bits per heavy atom. The number of hydrogen-bond acceptors (Lipinski definition) is 8. The third-order valence-electron chi connectivity index (χ3n) is 7.24. The molecule has 6 rings (SSSR count). The topological polar surface area (TPSA) is 147 Å². The average molecular weight is 543 g/mol. The first-order chi connectivity index (χ1) is 19.2. The number of nitrogens with zero attached hydrogens (tertiary/aromatic N) is 7. The number of halogens is 1. The molecule has 1 aliphatic heterocycles. The lowest BCUT2D eigenvalue weighted by Gasteiger charge is -2.30. The number of aromatic amines is 1. The lowest BCUT2D eigenvalue weighted by Crippen LogP contribution is -2.48. The number of amides is 3. The van der Waals surface area contributed by atoms with Crippen LogP contribution in [0.25, 0.3) is 11.4 Å². The van der Waals surface area contributed by atoms with Gasteiger partial charge in [-0.2, -0.15) is 10.2 Å². The zero-order valence-corrected chi connectivity index (χ0v) is 22.1. The number of carbonyl (C=O) groups excluding carboxylic acids is 2. The first kappa shape index (κ1) is 25.3. The van der Waals surface area contributed by atoms with Gasteiger partial charge in [-0.1, -0.05) is 12.1 Å². The number of aryl methyl sites for hydroxylation is 2. The fourth-order valence-electron chi connectivity index (χ4n) is 5.10. The summed E-state index contributed by atoms with van der Waals surface area (Å²) >= 11 is 0.